The second-order valence-corrected chi connectivity index (χ2v) is 7.51. The number of fused-ring (bicyclic) bond motifs is 2. The lowest BCUT2D eigenvalue weighted by atomic mass is 10.1. The van der Waals surface area contributed by atoms with E-state index in [0.29, 0.717) is 29.0 Å². The zero-order valence-electron chi connectivity index (χ0n) is 18.1. The van der Waals surface area contributed by atoms with E-state index in [0.717, 1.165) is 10.8 Å². The van der Waals surface area contributed by atoms with Crippen molar-refractivity contribution in [1.82, 2.24) is 9.55 Å². The van der Waals surface area contributed by atoms with E-state index >= 15 is 0 Å². The van der Waals surface area contributed by atoms with Crippen LogP contribution in [-0.2, 0) is 16.1 Å². The van der Waals surface area contributed by atoms with Gasteiger partial charge in [-0.05, 0) is 50.4 Å². The van der Waals surface area contributed by atoms with Gasteiger partial charge in [-0.15, -0.1) is 0 Å². The van der Waals surface area contributed by atoms with Crippen LogP contribution in [-0.4, -0.2) is 27.5 Å². The van der Waals surface area contributed by atoms with Crippen molar-refractivity contribution in [3.63, 3.8) is 0 Å². The number of rotatable bonds is 5. The lowest BCUT2D eigenvalue weighted by Crippen LogP contribution is -2.30. The lowest BCUT2D eigenvalue weighted by molar-refractivity contribution is -0.123. The van der Waals surface area contributed by atoms with E-state index in [-0.39, 0.29) is 11.1 Å². The van der Waals surface area contributed by atoms with Crippen LogP contribution in [0.25, 0.3) is 21.8 Å². The summed E-state index contributed by atoms with van der Waals surface area (Å²) in [5, 5.41) is 4.74. The first-order valence-corrected chi connectivity index (χ1v) is 10.4. The zero-order chi connectivity index (χ0) is 22.8. The first-order valence-electron chi connectivity index (χ1n) is 10.4. The molecule has 0 saturated carbocycles. The van der Waals surface area contributed by atoms with Gasteiger partial charge in [-0.25, -0.2) is 9.78 Å². The van der Waals surface area contributed by atoms with E-state index in [2.05, 4.69) is 10.3 Å². The lowest BCUT2D eigenvalue weighted by Gasteiger charge is -2.15. The molecule has 4 rings (SSSR count). The number of hydrogen-bond acceptors (Lipinski definition) is 5. The topological polar surface area (TPSA) is 90.3 Å². The maximum Gasteiger partial charge on any atom is 0.338 e. The van der Waals surface area contributed by atoms with E-state index in [1.54, 1.807) is 35.8 Å². The van der Waals surface area contributed by atoms with E-state index in [4.69, 9.17) is 4.74 Å². The van der Waals surface area contributed by atoms with Crippen molar-refractivity contribution < 1.29 is 14.3 Å². The molecule has 0 aliphatic heterocycles. The first kappa shape index (κ1) is 21.2. The van der Waals surface area contributed by atoms with Crippen LogP contribution in [0.4, 0.5) is 5.69 Å². The Hall–Kier alpha value is -4.00. The van der Waals surface area contributed by atoms with E-state index in [9.17, 15) is 14.4 Å². The maximum absolute atomic E-state index is 12.7. The highest BCUT2D eigenvalue weighted by molar-refractivity contribution is 6.04. The summed E-state index contributed by atoms with van der Waals surface area (Å²) in [7, 11) is 0. The Bertz CT molecular complexity index is 1400. The number of carbonyl (C=O) groups excluding carboxylic acids is 2. The average Bonchev–Trinajstić information content (AvgIpc) is 2.79. The maximum atomic E-state index is 12.7. The third-order valence-corrected chi connectivity index (χ3v) is 5.36. The number of benzene rings is 3. The average molecular weight is 429 g/mol. The molecule has 1 atom stereocenters. The van der Waals surface area contributed by atoms with E-state index in [1.165, 1.54) is 6.92 Å². The molecule has 32 heavy (non-hydrogen) atoms. The van der Waals surface area contributed by atoms with Gasteiger partial charge in [0.05, 0.1) is 16.6 Å². The molecule has 1 unspecified atom stereocenters. The Morgan fingerprint density at radius 1 is 1.09 bits per heavy atom. The van der Waals surface area contributed by atoms with Crippen molar-refractivity contribution in [2.24, 2.45) is 0 Å². The second kappa shape index (κ2) is 8.63. The summed E-state index contributed by atoms with van der Waals surface area (Å²) < 4.78 is 7.00. The number of hydrogen-bond donors (Lipinski definition) is 1. The highest BCUT2D eigenvalue weighted by atomic mass is 16.5. The quantitative estimate of drug-likeness (QED) is 0.483. The van der Waals surface area contributed by atoms with Crippen LogP contribution in [0.5, 0.6) is 0 Å². The number of amides is 1. The summed E-state index contributed by atoms with van der Waals surface area (Å²) in [6.45, 7) is 5.53. The van der Waals surface area contributed by atoms with E-state index in [1.807, 2.05) is 43.3 Å². The fourth-order valence-corrected chi connectivity index (χ4v) is 3.67. The molecule has 0 bridgehead atoms. The first-order chi connectivity index (χ1) is 15.4. The SMILES string of the molecule is CCn1c(=O)c(C)nc2cc(C(=O)OC(C)C(=O)Nc3cccc4ccccc34)ccc21. The number of aromatic nitrogens is 2. The number of nitrogens with one attached hydrogen (secondary N) is 1. The van der Waals surface area contributed by atoms with Crippen LogP contribution in [0.1, 0.15) is 29.9 Å². The van der Waals surface area contributed by atoms with Crippen LogP contribution < -0.4 is 10.9 Å². The highest BCUT2D eigenvalue weighted by Crippen LogP contribution is 2.23. The Kier molecular flexibility index (Phi) is 5.73. The minimum Gasteiger partial charge on any atom is -0.449 e. The second-order valence-electron chi connectivity index (χ2n) is 7.51. The summed E-state index contributed by atoms with van der Waals surface area (Å²) in [5.74, 6) is -1.06. The van der Waals surface area contributed by atoms with Gasteiger partial charge in [0, 0.05) is 17.6 Å². The molecule has 162 valence electrons. The fraction of sp³-hybridized carbons (Fsp3) is 0.200. The number of carbonyl (C=O) groups is 2. The molecule has 1 N–H and O–H groups in total. The van der Waals surface area contributed by atoms with Gasteiger partial charge in [0.2, 0.25) is 0 Å². The standard InChI is InChI=1S/C25H23N3O4/c1-4-28-22-13-12-18(14-21(22)26-15(2)24(28)30)25(31)32-16(3)23(29)27-20-11-7-9-17-8-5-6-10-19(17)20/h5-14,16H,4H2,1-3H3,(H,27,29). The number of anilines is 1. The number of nitrogens with zero attached hydrogens (tertiary/aromatic N) is 2. The molecule has 4 aromatic rings. The van der Waals surface area contributed by atoms with Gasteiger partial charge in [0.1, 0.15) is 5.69 Å². The van der Waals surface area contributed by atoms with Crippen molar-refractivity contribution >= 4 is 39.4 Å². The Morgan fingerprint density at radius 2 is 1.84 bits per heavy atom. The van der Waals surface area contributed by atoms with Crippen LogP contribution in [0, 0.1) is 6.92 Å². The Balaban J connectivity index is 1.53. The van der Waals surface area contributed by atoms with Crippen LogP contribution in [0.2, 0.25) is 0 Å². The van der Waals surface area contributed by atoms with Crippen LogP contribution >= 0.6 is 0 Å². The molecule has 0 spiro atoms. The number of esters is 1. The Morgan fingerprint density at radius 3 is 2.62 bits per heavy atom. The minimum atomic E-state index is -1.00. The monoisotopic (exact) mass is 429 g/mol. The van der Waals surface area contributed by atoms with Crippen molar-refractivity contribution in [3.8, 4) is 0 Å². The molecule has 7 nitrogen and oxygen atoms in total. The summed E-state index contributed by atoms with van der Waals surface area (Å²) in [4.78, 5) is 41.9. The molecule has 1 amide bonds. The van der Waals surface area contributed by atoms with Crippen LogP contribution in [0.3, 0.4) is 0 Å². The molecule has 1 heterocycles. The summed E-state index contributed by atoms with van der Waals surface area (Å²) in [6.07, 6.45) is -1.00. The van der Waals surface area contributed by atoms with Crippen molar-refractivity contribution in [1.29, 1.82) is 0 Å². The van der Waals surface area contributed by atoms with Gasteiger partial charge in [-0.3, -0.25) is 9.59 Å². The third-order valence-electron chi connectivity index (χ3n) is 5.36. The summed E-state index contributed by atoms with van der Waals surface area (Å²) in [6, 6.07) is 18.1. The zero-order valence-corrected chi connectivity index (χ0v) is 18.1. The minimum absolute atomic E-state index is 0.158. The molecule has 0 aliphatic carbocycles. The van der Waals surface area contributed by atoms with Gasteiger partial charge in [0.25, 0.3) is 11.5 Å². The van der Waals surface area contributed by atoms with Gasteiger partial charge in [0.15, 0.2) is 6.10 Å². The number of ether oxygens (including phenoxy) is 1. The molecule has 0 aliphatic rings. The van der Waals surface area contributed by atoms with Gasteiger partial charge in [-0.2, -0.15) is 0 Å². The molecular weight excluding hydrogens is 406 g/mol. The molecule has 0 saturated heterocycles. The van der Waals surface area contributed by atoms with Gasteiger partial charge in [-0.1, -0.05) is 36.4 Å². The van der Waals surface area contributed by atoms with Crippen molar-refractivity contribution in [2.75, 3.05) is 5.32 Å². The predicted octanol–water partition coefficient (Wildman–Crippen LogP) is 4.06. The summed E-state index contributed by atoms with van der Waals surface area (Å²) in [5.41, 5.74) is 2.27. The van der Waals surface area contributed by atoms with E-state index < -0.39 is 18.0 Å². The molecular formula is C25H23N3O4. The fourth-order valence-electron chi connectivity index (χ4n) is 3.67. The van der Waals surface area contributed by atoms with Gasteiger partial charge >= 0.3 is 5.97 Å². The van der Waals surface area contributed by atoms with Crippen molar-refractivity contribution in [2.45, 2.75) is 33.4 Å². The molecule has 3 aromatic carbocycles. The largest absolute Gasteiger partial charge is 0.449 e. The van der Waals surface area contributed by atoms with Crippen molar-refractivity contribution in [3.05, 3.63) is 82.3 Å². The third kappa shape index (κ3) is 3.97. The van der Waals surface area contributed by atoms with Gasteiger partial charge < -0.3 is 14.6 Å². The Labute approximate surface area is 184 Å². The van der Waals surface area contributed by atoms with Crippen LogP contribution in [0.15, 0.2) is 65.5 Å². The molecule has 7 heteroatoms. The smallest absolute Gasteiger partial charge is 0.338 e. The molecule has 0 radical (unpaired) electrons. The predicted molar refractivity (Wildman–Crippen MR) is 124 cm³/mol. The summed E-state index contributed by atoms with van der Waals surface area (Å²) >= 11 is 0. The highest BCUT2D eigenvalue weighted by Gasteiger charge is 2.20. The molecule has 0 fully saturated rings. The number of aryl methyl sites for hydroxylation is 2. The normalized spacial score (nSPS) is 12.0. The molecule has 1 aromatic heterocycles.